The number of carboxylic acid groups (broad SMARTS) is 1. The van der Waals surface area contributed by atoms with Gasteiger partial charge in [0, 0.05) is 0 Å². The first kappa shape index (κ1) is 10.7. The van der Waals surface area contributed by atoms with Gasteiger partial charge in [0.15, 0.2) is 0 Å². The summed E-state index contributed by atoms with van der Waals surface area (Å²) in [5, 5.41) is 8.94. The van der Waals surface area contributed by atoms with Crippen LogP contribution in [0.3, 0.4) is 0 Å². The summed E-state index contributed by atoms with van der Waals surface area (Å²) in [6, 6.07) is -1.03. The van der Waals surface area contributed by atoms with E-state index in [0.717, 1.165) is 24.2 Å². The zero-order chi connectivity index (χ0) is 12.3. The van der Waals surface area contributed by atoms with Crippen LogP contribution in [0.15, 0.2) is 0 Å². The van der Waals surface area contributed by atoms with E-state index in [4.69, 9.17) is 5.11 Å². The molecular weight excluding hydrogens is 222 g/mol. The lowest BCUT2D eigenvalue weighted by atomic mass is 9.81. The van der Waals surface area contributed by atoms with Gasteiger partial charge in [-0.25, -0.2) is 4.79 Å². The molecule has 0 spiro atoms. The highest BCUT2D eigenvalue weighted by molar-refractivity contribution is 6.08. The van der Waals surface area contributed by atoms with Crippen molar-refractivity contribution in [1.82, 2.24) is 4.90 Å². The fourth-order valence-electron chi connectivity index (χ4n) is 3.92. The Bertz CT molecular complexity index is 391. The molecular formula is C12H15NO4. The monoisotopic (exact) mass is 237 g/mol. The van der Waals surface area contributed by atoms with Crippen molar-refractivity contribution in [2.45, 2.75) is 32.2 Å². The summed E-state index contributed by atoms with van der Waals surface area (Å²) in [5.74, 6) is -1.42. The number of carbonyl (C=O) groups is 3. The minimum Gasteiger partial charge on any atom is -0.480 e. The van der Waals surface area contributed by atoms with E-state index in [1.54, 1.807) is 0 Å². The summed E-state index contributed by atoms with van der Waals surface area (Å²) in [6.45, 7) is 1.40. The van der Waals surface area contributed by atoms with Gasteiger partial charge in [-0.2, -0.15) is 0 Å². The third-order valence-corrected chi connectivity index (χ3v) is 4.71. The maximum absolute atomic E-state index is 12.2. The number of aliphatic carboxylic acids is 1. The van der Waals surface area contributed by atoms with Gasteiger partial charge in [-0.15, -0.1) is 0 Å². The lowest BCUT2D eigenvalue weighted by molar-refractivity contribution is -0.154. The first-order chi connectivity index (χ1) is 8.02. The van der Waals surface area contributed by atoms with Crippen LogP contribution in [0.4, 0.5) is 0 Å². The molecule has 0 aromatic carbocycles. The highest BCUT2D eigenvalue weighted by Gasteiger charge is 2.62. The van der Waals surface area contributed by atoms with Crippen LogP contribution in [0, 0.1) is 23.7 Å². The van der Waals surface area contributed by atoms with Gasteiger partial charge in [0.05, 0.1) is 11.8 Å². The fourth-order valence-corrected chi connectivity index (χ4v) is 3.92. The molecule has 2 aliphatic carbocycles. The molecule has 3 rings (SSSR count). The van der Waals surface area contributed by atoms with Crippen molar-refractivity contribution >= 4 is 17.8 Å². The SMILES string of the molecule is C[C@@H](C(=O)O)N1C(=O)C2C3CCC(C3)C2C1=O. The van der Waals surface area contributed by atoms with Gasteiger partial charge in [0.25, 0.3) is 0 Å². The molecule has 92 valence electrons. The third-order valence-electron chi connectivity index (χ3n) is 4.71. The average Bonchev–Trinajstić information content (AvgIpc) is 2.92. The van der Waals surface area contributed by atoms with Crippen molar-refractivity contribution in [3.05, 3.63) is 0 Å². The first-order valence-corrected chi connectivity index (χ1v) is 6.12. The minimum atomic E-state index is -1.11. The summed E-state index contributed by atoms with van der Waals surface area (Å²) < 4.78 is 0. The van der Waals surface area contributed by atoms with Crippen molar-refractivity contribution < 1.29 is 19.5 Å². The maximum Gasteiger partial charge on any atom is 0.326 e. The van der Waals surface area contributed by atoms with E-state index in [-0.39, 0.29) is 23.7 Å². The molecule has 1 aliphatic heterocycles. The second-order valence-corrected chi connectivity index (χ2v) is 5.45. The van der Waals surface area contributed by atoms with Crippen molar-refractivity contribution in [1.29, 1.82) is 0 Å². The van der Waals surface area contributed by atoms with E-state index in [1.807, 2.05) is 0 Å². The molecule has 0 radical (unpaired) electrons. The van der Waals surface area contributed by atoms with Gasteiger partial charge in [-0.3, -0.25) is 14.5 Å². The summed E-state index contributed by atoms with van der Waals surface area (Å²) >= 11 is 0. The van der Waals surface area contributed by atoms with Crippen molar-refractivity contribution in [2.24, 2.45) is 23.7 Å². The fraction of sp³-hybridized carbons (Fsp3) is 0.750. The van der Waals surface area contributed by atoms with Crippen molar-refractivity contribution in [3.8, 4) is 0 Å². The molecule has 0 aromatic rings. The van der Waals surface area contributed by atoms with E-state index in [0.29, 0.717) is 11.8 Å². The van der Waals surface area contributed by atoms with E-state index in [2.05, 4.69) is 0 Å². The molecule has 2 amide bonds. The molecule has 5 atom stereocenters. The van der Waals surface area contributed by atoms with Gasteiger partial charge >= 0.3 is 5.97 Å². The van der Waals surface area contributed by atoms with Crippen LogP contribution in [0.25, 0.3) is 0 Å². The summed E-state index contributed by atoms with van der Waals surface area (Å²) in [5.41, 5.74) is 0. The van der Waals surface area contributed by atoms with E-state index < -0.39 is 12.0 Å². The van der Waals surface area contributed by atoms with Gasteiger partial charge in [-0.05, 0) is 38.0 Å². The first-order valence-electron chi connectivity index (χ1n) is 6.12. The summed E-state index contributed by atoms with van der Waals surface area (Å²) in [4.78, 5) is 36.3. The van der Waals surface area contributed by atoms with Gasteiger partial charge in [0.2, 0.25) is 11.8 Å². The minimum absolute atomic E-state index is 0.219. The highest BCUT2D eigenvalue weighted by atomic mass is 16.4. The standard InChI is InChI=1S/C12H15NO4/c1-5(12(16)17)13-10(14)8-6-2-3-7(4-6)9(8)11(13)15/h5-9H,2-4H2,1H3,(H,16,17)/t5-,6?,7?,8?,9?/m0/s1. The molecule has 1 N–H and O–H groups in total. The quantitative estimate of drug-likeness (QED) is 0.709. The topological polar surface area (TPSA) is 74.7 Å². The van der Waals surface area contributed by atoms with Crippen molar-refractivity contribution in [3.63, 3.8) is 0 Å². The molecule has 2 saturated carbocycles. The maximum atomic E-state index is 12.2. The highest BCUT2D eigenvalue weighted by Crippen LogP contribution is 2.56. The normalized spacial score (nSPS) is 40.9. The van der Waals surface area contributed by atoms with Crippen molar-refractivity contribution in [2.75, 3.05) is 0 Å². The lowest BCUT2D eigenvalue weighted by Gasteiger charge is -2.20. The molecule has 4 unspecified atom stereocenters. The third kappa shape index (κ3) is 1.22. The van der Waals surface area contributed by atoms with E-state index in [9.17, 15) is 14.4 Å². The molecule has 5 nitrogen and oxygen atoms in total. The Labute approximate surface area is 98.8 Å². The second kappa shape index (κ2) is 3.31. The molecule has 2 bridgehead atoms. The summed E-state index contributed by atoms with van der Waals surface area (Å²) in [7, 11) is 0. The van der Waals surface area contributed by atoms with Crippen LogP contribution in [0.1, 0.15) is 26.2 Å². The number of hydrogen-bond donors (Lipinski definition) is 1. The van der Waals surface area contributed by atoms with Crippen LogP contribution in [-0.4, -0.2) is 33.8 Å². The Morgan fingerprint density at radius 2 is 1.71 bits per heavy atom. The Balaban J connectivity index is 1.93. The van der Waals surface area contributed by atoms with Gasteiger partial charge in [-0.1, -0.05) is 0 Å². The molecule has 3 fully saturated rings. The molecule has 1 saturated heterocycles. The van der Waals surface area contributed by atoms with Crippen LogP contribution < -0.4 is 0 Å². The zero-order valence-corrected chi connectivity index (χ0v) is 9.63. The number of nitrogens with zero attached hydrogens (tertiary/aromatic N) is 1. The Morgan fingerprint density at radius 3 is 2.12 bits per heavy atom. The van der Waals surface area contributed by atoms with E-state index >= 15 is 0 Å². The predicted molar refractivity (Wildman–Crippen MR) is 56.8 cm³/mol. The predicted octanol–water partition coefficient (Wildman–Crippen LogP) is 0.491. The van der Waals surface area contributed by atoms with Crippen LogP contribution >= 0.6 is 0 Å². The molecule has 17 heavy (non-hydrogen) atoms. The average molecular weight is 237 g/mol. The number of likely N-dealkylation sites (tertiary alicyclic amines) is 1. The molecule has 5 heteroatoms. The van der Waals surface area contributed by atoms with Gasteiger partial charge < -0.3 is 5.11 Å². The number of carbonyl (C=O) groups excluding carboxylic acids is 2. The van der Waals surface area contributed by atoms with Crippen LogP contribution in [0.5, 0.6) is 0 Å². The van der Waals surface area contributed by atoms with E-state index in [1.165, 1.54) is 6.92 Å². The number of carboxylic acids is 1. The number of fused-ring (bicyclic) bond motifs is 5. The van der Waals surface area contributed by atoms with Crippen LogP contribution in [-0.2, 0) is 14.4 Å². The number of imide groups is 1. The lowest BCUT2D eigenvalue weighted by Crippen LogP contribution is -2.44. The molecule has 1 heterocycles. The number of hydrogen-bond acceptors (Lipinski definition) is 3. The second-order valence-electron chi connectivity index (χ2n) is 5.45. The Morgan fingerprint density at radius 1 is 1.24 bits per heavy atom. The number of rotatable bonds is 2. The Kier molecular flexibility index (Phi) is 2.09. The van der Waals surface area contributed by atoms with Crippen LogP contribution in [0.2, 0.25) is 0 Å². The molecule has 3 aliphatic rings. The van der Waals surface area contributed by atoms with Gasteiger partial charge in [0.1, 0.15) is 6.04 Å². The smallest absolute Gasteiger partial charge is 0.326 e. The number of amides is 2. The molecule has 0 aromatic heterocycles. The Hall–Kier alpha value is -1.39. The largest absolute Gasteiger partial charge is 0.480 e. The zero-order valence-electron chi connectivity index (χ0n) is 9.63. The summed E-state index contributed by atoms with van der Waals surface area (Å²) in [6.07, 6.45) is 3.00.